The Morgan fingerprint density at radius 2 is 1.78 bits per heavy atom. The van der Waals surface area contributed by atoms with Crippen molar-refractivity contribution in [2.75, 3.05) is 36.7 Å². The van der Waals surface area contributed by atoms with E-state index < -0.39 is 15.8 Å². The number of rotatable bonds is 6. The van der Waals surface area contributed by atoms with Crippen LogP contribution < -0.4 is 14.8 Å². The Balaban J connectivity index is 1.54. The average molecular weight is 396 g/mol. The third-order valence-electron chi connectivity index (χ3n) is 5.18. The molecule has 0 saturated carbocycles. The number of nitrogens with zero attached hydrogens (tertiary/aromatic N) is 1. The van der Waals surface area contributed by atoms with Crippen molar-refractivity contribution in [3.8, 4) is 5.75 Å². The fourth-order valence-electron chi connectivity index (χ4n) is 3.81. The Kier molecular flexibility index (Phi) is 6.26. The van der Waals surface area contributed by atoms with Gasteiger partial charge in [-0.2, -0.15) is 0 Å². The van der Waals surface area contributed by atoms with Crippen LogP contribution in [0.3, 0.4) is 0 Å². The predicted molar refractivity (Wildman–Crippen MR) is 105 cm³/mol. The minimum absolute atomic E-state index is 0.0501. The van der Waals surface area contributed by atoms with E-state index in [0.29, 0.717) is 36.4 Å². The van der Waals surface area contributed by atoms with Crippen molar-refractivity contribution in [1.82, 2.24) is 10.2 Å². The zero-order chi connectivity index (χ0) is 19.4. The number of sulfonamides is 1. The molecule has 1 aromatic rings. The SMILES string of the molecule is CC(C)Oc1ccc(NS(=O)(=O)CC(=O)N2CC[C@@H]3CNC[C@@H]3CC2)cc1. The largest absolute Gasteiger partial charge is 0.491 e. The van der Waals surface area contributed by atoms with Crippen LogP contribution in [0.4, 0.5) is 5.69 Å². The second kappa shape index (κ2) is 8.48. The molecule has 1 aromatic carbocycles. The fourth-order valence-corrected chi connectivity index (χ4v) is 4.89. The molecular formula is C19H29N3O4S. The lowest BCUT2D eigenvalue weighted by molar-refractivity contribution is -0.128. The van der Waals surface area contributed by atoms with Gasteiger partial charge in [-0.25, -0.2) is 8.42 Å². The van der Waals surface area contributed by atoms with Crippen LogP contribution in [-0.2, 0) is 14.8 Å². The first-order chi connectivity index (χ1) is 12.8. The Morgan fingerprint density at radius 1 is 1.19 bits per heavy atom. The summed E-state index contributed by atoms with van der Waals surface area (Å²) in [6.45, 7) is 7.13. The number of ether oxygens (including phenoxy) is 1. The minimum Gasteiger partial charge on any atom is -0.491 e. The Hall–Kier alpha value is -1.80. The third-order valence-corrected chi connectivity index (χ3v) is 6.36. The van der Waals surface area contributed by atoms with E-state index in [1.165, 1.54) is 0 Å². The number of carbonyl (C=O) groups excluding carboxylic acids is 1. The number of fused-ring (bicyclic) bond motifs is 1. The molecule has 1 amide bonds. The van der Waals surface area contributed by atoms with Gasteiger partial charge in [0.15, 0.2) is 0 Å². The lowest BCUT2D eigenvalue weighted by atomic mass is 9.92. The zero-order valence-corrected chi connectivity index (χ0v) is 16.8. The number of anilines is 1. The monoisotopic (exact) mass is 395 g/mol. The summed E-state index contributed by atoms with van der Waals surface area (Å²) in [5.74, 6) is 1.03. The molecule has 7 nitrogen and oxygen atoms in total. The van der Waals surface area contributed by atoms with Crippen molar-refractivity contribution in [3.05, 3.63) is 24.3 Å². The van der Waals surface area contributed by atoms with Gasteiger partial charge in [0.05, 0.1) is 6.10 Å². The molecule has 150 valence electrons. The molecule has 2 aliphatic heterocycles. The second-order valence-corrected chi connectivity index (χ2v) is 9.41. The van der Waals surface area contributed by atoms with E-state index in [4.69, 9.17) is 4.74 Å². The summed E-state index contributed by atoms with van der Waals surface area (Å²) in [5.41, 5.74) is 0.426. The molecule has 2 fully saturated rings. The first-order valence-electron chi connectivity index (χ1n) is 9.58. The molecule has 0 unspecified atom stereocenters. The maximum atomic E-state index is 12.5. The molecule has 0 bridgehead atoms. The third kappa shape index (κ3) is 5.59. The van der Waals surface area contributed by atoms with E-state index >= 15 is 0 Å². The van der Waals surface area contributed by atoms with E-state index in [-0.39, 0.29) is 12.0 Å². The van der Waals surface area contributed by atoms with E-state index in [1.807, 2.05) is 13.8 Å². The number of amides is 1. The van der Waals surface area contributed by atoms with Crippen LogP contribution in [-0.4, -0.2) is 57.3 Å². The van der Waals surface area contributed by atoms with Crippen molar-refractivity contribution >= 4 is 21.6 Å². The van der Waals surface area contributed by atoms with Crippen LogP contribution in [0.15, 0.2) is 24.3 Å². The van der Waals surface area contributed by atoms with Crippen LogP contribution in [0.25, 0.3) is 0 Å². The average Bonchev–Trinajstić information content (AvgIpc) is 2.93. The van der Waals surface area contributed by atoms with Gasteiger partial charge in [0.2, 0.25) is 15.9 Å². The summed E-state index contributed by atoms with van der Waals surface area (Å²) in [7, 11) is -3.74. The maximum absolute atomic E-state index is 12.5. The summed E-state index contributed by atoms with van der Waals surface area (Å²) in [4.78, 5) is 14.2. The highest BCUT2D eigenvalue weighted by Crippen LogP contribution is 2.27. The summed E-state index contributed by atoms with van der Waals surface area (Å²) >= 11 is 0. The van der Waals surface area contributed by atoms with Crippen molar-refractivity contribution in [2.45, 2.75) is 32.8 Å². The summed E-state index contributed by atoms with van der Waals surface area (Å²) in [5, 5.41) is 3.40. The number of benzene rings is 1. The van der Waals surface area contributed by atoms with Crippen LogP contribution >= 0.6 is 0 Å². The van der Waals surface area contributed by atoms with Gasteiger partial charge in [-0.1, -0.05) is 0 Å². The van der Waals surface area contributed by atoms with Gasteiger partial charge >= 0.3 is 0 Å². The number of likely N-dealkylation sites (tertiary alicyclic amines) is 1. The normalized spacial score (nSPS) is 23.0. The van der Waals surface area contributed by atoms with Crippen molar-refractivity contribution in [2.24, 2.45) is 11.8 Å². The van der Waals surface area contributed by atoms with Gasteiger partial charge in [0.25, 0.3) is 0 Å². The van der Waals surface area contributed by atoms with E-state index in [9.17, 15) is 13.2 Å². The van der Waals surface area contributed by atoms with Crippen LogP contribution in [0, 0.1) is 11.8 Å². The number of hydrogen-bond donors (Lipinski definition) is 2. The molecule has 2 aliphatic rings. The Labute approximate surface area is 161 Å². The maximum Gasteiger partial charge on any atom is 0.241 e. The molecule has 2 saturated heterocycles. The van der Waals surface area contributed by atoms with Gasteiger partial charge in [-0.15, -0.1) is 0 Å². The Bertz CT molecular complexity index is 735. The predicted octanol–water partition coefficient (Wildman–Crippen LogP) is 1.67. The highest BCUT2D eigenvalue weighted by molar-refractivity contribution is 7.93. The molecule has 2 N–H and O–H groups in total. The lowest BCUT2D eigenvalue weighted by Gasteiger charge is -2.21. The topological polar surface area (TPSA) is 87.7 Å². The number of nitrogens with one attached hydrogen (secondary N) is 2. The number of hydrogen-bond acceptors (Lipinski definition) is 5. The van der Waals surface area contributed by atoms with E-state index in [0.717, 1.165) is 25.9 Å². The van der Waals surface area contributed by atoms with Gasteiger partial charge in [0.1, 0.15) is 11.5 Å². The molecule has 2 heterocycles. The second-order valence-electron chi connectivity index (χ2n) is 7.69. The van der Waals surface area contributed by atoms with Crippen molar-refractivity contribution in [3.63, 3.8) is 0 Å². The molecule has 2 atom stereocenters. The van der Waals surface area contributed by atoms with Crippen LogP contribution in [0.2, 0.25) is 0 Å². The van der Waals surface area contributed by atoms with Gasteiger partial charge < -0.3 is 15.0 Å². The van der Waals surface area contributed by atoms with Gasteiger partial charge in [-0.05, 0) is 75.9 Å². The highest BCUT2D eigenvalue weighted by atomic mass is 32.2. The molecule has 27 heavy (non-hydrogen) atoms. The molecule has 8 heteroatoms. The van der Waals surface area contributed by atoms with Crippen molar-refractivity contribution < 1.29 is 17.9 Å². The van der Waals surface area contributed by atoms with Crippen LogP contribution in [0.5, 0.6) is 5.75 Å². The van der Waals surface area contributed by atoms with Crippen LogP contribution in [0.1, 0.15) is 26.7 Å². The molecule has 0 spiro atoms. The molecular weight excluding hydrogens is 366 g/mol. The minimum atomic E-state index is -3.74. The smallest absolute Gasteiger partial charge is 0.241 e. The van der Waals surface area contributed by atoms with E-state index in [2.05, 4.69) is 10.0 Å². The summed E-state index contributed by atoms with van der Waals surface area (Å²) in [6, 6.07) is 6.70. The van der Waals surface area contributed by atoms with Gasteiger partial charge in [0, 0.05) is 18.8 Å². The Morgan fingerprint density at radius 3 is 2.33 bits per heavy atom. The van der Waals surface area contributed by atoms with E-state index in [1.54, 1.807) is 29.2 Å². The van der Waals surface area contributed by atoms with Gasteiger partial charge in [-0.3, -0.25) is 9.52 Å². The summed E-state index contributed by atoms with van der Waals surface area (Å²) < 4.78 is 32.8. The quantitative estimate of drug-likeness (QED) is 0.765. The highest BCUT2D eigenvalue weighted by Gasteiger charge is 2.32. The first kappa shape index (κ1) is 19.9. The zero-order valence-electron chi connectivity index (χ0n) is 16.0. The summed E-state index contributed by atoms with van der Waals surface area (Å²) in [6.07, 6.45) is 1.93. The lowest BCUT2D eigenvalue weighted by Crippen LogP contribution is -2.38. The number of carbonyl (C=O) groups is 1. The van der Waals surface area contributed by atoms with Crippen molar-refractivity contribution in [1.29, 1.82) is 0 Å². The fraction of sp³-hybridized carbons (Fsp3) is 0.632. The molecule has 0 aromatic heterocycles. The molecule has 0 radical (unpaired) electrons. The first-order valence-corrected chi connectivity index (χ1v) is 11.2. The standard InChI is InChI=1S/C19H29N3O4S/c1-14(2)26-18-5-3-17(4-6-18)21-27(24,25)13-19(23)22-9-7-15-11-20-12-16(15)8-10-22/h3-6,14-16,20-21H,7-13H2,1-2H3/t15-,16+. The molecule has 3 rings (SSSR count). The molecule has 0 aliphatic carbocycles.